The minimum atomic E-state index is -3.03. The molecule has 3 amide bonds. The van der Waals surface area contributed by atoms with Crippen LogP contribution in [-0.4, -0.2) is 73.0 Å². The Bertz CT molecular complexity index is 1070. The third-order valence-electron chi connectivity index (χ3n) is 5.88. The van der Waals surface area contributed by atoms with E-state index in [1.807, 2.05) is 6.07 Å². The maximum absolute atomic E-state index is 12.8. The summed E-state index contributed by atoms with van der Waals surface area (Å²) in [6, 6.07) is 13.1. The van der Waals surface area contributed by atoms with Gasteiger partial charge in [-0.05, 0) is 31.2 Å². The highest BCUT2D eigenvalue weighted by atomic mass is 19.3. The van der Waals surface area contributed by atoms with E-state index in [2.05, 4.69) is 4.74 Å². The number of halogens is 2. The third kappa shape index (κ3) is 4.95. The average Bonchev–Trinajstić information content (AvgIpc) is 2.84. The Morgan fingerprint density at radius 1 is 1.03 bits per heavy atom. The minimum absolute atomic E-state index is 0.0567. The summed E-state index contributed by atoms with van der Waals surface area (Å²) in [6.45, 7) is 0.0253. The number of carbonyl (C=O) groups excluding carboxylic acids is 3. The van der Waals surface area contributed by atoms with Gasteiger partial charge in [-0.2, -0.15) is 8.78 Å². The van der Waals surface area contributed by atoms with E-state index in [0.717, 1.165) is 0 Å². The van der Waals surface area contributed by atoms with Crippen molar-refractivity contribution in [3.63, 3.8) is 0 Å². The average molecular weight is 473 g/mol. The van der Waals surface area contributed by atoms with Crippen LogP contribution in [-0.2, 0) is 9.59 Å². The lowest BCUT2D eigenvalue weighted by Gasteiger charge is -2.36. The Morgan fingerprint density at radius 2 is 1.68 bits per heavy atom. The number of ether oxygens (including phenoxy) is 2. The molecule has 2 aromatic rings. The SMILES string of the molecule is CC1Oc2ccccc2N(CCC(=O)N2CCN(C(=O)c3ccccc3OC(F)F)CC2)C1=O. The first-order valence-electron chi connectivity index (χ1n) is 11.0. The first-order chi connectivity index (χ1) is 16.3. The molecule has 2 heterocycles. The molecule has 0 aromatic heterocycles. The molecule has 2 aliphatic heterocycles. The number of amides is 3. The fourth-order valence-electron chi connectivity index (χ4n) is 4.13. The molecule has 10 heteroatoms. The summed E-state index contributed by atoms with van der Waals surface area (Å²) in [7, 11) is 0. The van der Waals surface area contributed by atoms with Crippen LogP contribution >= 0.6 is 0 Å². The summed E-state index contributed by atoms with van der Waals surface area (Å²) in [5.74, 6) is -0.326. The largest absolute Gasteiger partial charge is 0.479 e. The molecule has 0 radical (unpaired) electrons. The van der Waals surface area contributed by atoms with Crippen LogP contribution in [0.25, 0.3) is 0 Å². The molecule has 0 bridgehead atoms. The molecule has 0 N–H and O–H groups in total. The van der Waals surface area contributed by atoms with Gasteiger partial charge in [0.2, 0.25) is 5.91 Å². The van der Waals surface area contributed by atoms with E-state index in [4.69, 9.17) is 4.74 Å². The Labute approximate surface area is 195 Å². The molecule has 34 heavy (non-hydrogen) atoms. The maximum atomic E-state index is 12.8. The molecule has 1 unspecified atom stereocenters. The van der Waals surface area contributed by atoms with Crippen molar-refractivity contribution < 1.29 is 32.6 Å². The predicted molar refractivity (Wildman–Crippen MR) is 119 cm³/mol. The van der Waals surface area contributed by atoms with Gasteiger partial charge in [0.25, 0.3) is 11.8 Å². The molecule has 1 fully saturated rings. The summed E-state index contributed by atoms with van der Waals surface area (Å²) < 4.78 is 35.4. The van der Waals surface area contributed by atoms with Gasteiger partial charge in [-0.3, -0.25) is 14.4 Å². The molecule has 1 saturated heterocycles. The number of fused-ring (bicyclic) bond motifs is 1. The Hall–Kier alpha value is -3.69. The van der Waals surface area contributed by atoms with Gasteiger partial charge in [0.05, 0.1) is 11.3 Å². The molecular formula is C24H25F2N3O5. The second-order valence-electron chi connectivity index (χ2n) is 8.02. The van der Waals surface area contributed by atoms with Gasteiger partial charge in [0, 0.05) is 39.1 Å². The standard InChI is InChI=1S/C24H25F2N3O5/c1-16-22(31)29(18-7-3-5-9-20(18)33-16)11-10-21(30)27-12-14-28(15-13-27)23(32)17-6-2-4-8-19(17)34-24(25)26/h2-9,16,24H,10-15H2,1H3. The van der Waals surface area contributed by atoms with Crippen molar-refractivity contribution >= 4 is 23.4 Å². The second-order valence-corrected chi connectivity index (χ2v) is 8.02. The van der Waals surface area contributed by atoms with Crippen LogP contribution in [0.3, 0.4) is 0 Å². The van der Waals surface area contributed by atoms with Gasteiger partial charge in [-0.1, -0.05) is 24.3 Å². The molecule has 2 aromatic carbocycles. The number of para-hydroxylation sites is 3. The molecule has 2 aliphatic rings. The van der Waals surface area contributed by atoms with Crippen LogP contribution in [0.2, 0.25) is 0 Å². The Morgan fingerprint density at radius 3 is 2.41 bits per heavy atom. The highest BCUT2D eigenvalue weighted by Gasteiger charge is 2.32. The van der Waals surface area contributed by atoms with Gasteiger partial charge in [0.1, 0.15) is 11.5 Å². The van der Waals surface area contributed by atoms with Crippen LogP contribution in [0.15, 0.2) is 48.5 Å². The lowest BCUT2D eigenvalue weighted by Crippen LogP contribution is -2.51. The van der Waals surface area contributed by atoms with Gasteiger partial charge in [-0.25, -0.2) is 0 Å². The number of anilines is 1. The van der Waals surface area contributed by atoms with E-state index in [1.54, 1.807) is 41.0 Å². The maximum Gasteiger partial charge on any atom is 0.387 e. The van der Waals surface area contributed by atoms with Crippen LogP contribution < -0.4 is 14.4 Å². The first-order valence-corrected chi connectivity index (χ1v) is 11.0. The highest BCUT2D eigenvalue weighted by Crippen LogP contribution is 2.33. The smallest absolute Gasteiger partial charge is 0.387 e. The molecule has 8 nitrogen and oxygen atoms in total. The zero-order valence-electron chi connectivity index (χ0n) is 18.7. The highest BCUT2D eigenvalue weighted by molar-refractivity contribution is 6.00. The van der Waals surface area contributed by atoms with Crippen molar-refractivity contribution in [3.05, 3.63) is 54.1 Å². The fourth-order valence-corrected chi connectivity index (χ4v) is 4.13. The molecule has 4 rings (SSSR count). The minimum Gasteiger partial charge on any atom is -0.479 e. The number of hydrogen-bond donors (Lipinski definition) is 0. The molecule has 1 atom stereocenters. The fraction of sp³-hybridized carbons (Fsp3) is 0.375. The summed E-state index contributed by atoms with van der Waals surface area (Å²) in [5, 5.41) is 0. The number of hydrogen-bond acceptors (Lipinski definition) is 5. The van der Waals surface area contributed by atoms with Gasteiger partial charge in [0.15, 0.2) is 6.10 Å². The van der Waals surface area contributed by atoms with Crippen LogP contribution in [0.5, 0.6) is 11.5 Å². The topological polar surface area (TPSA) is 79.4 Å². The van der Waals surface area contributed by atoms with Crippen molar-refractivity contribution in [2.75, 3.05) is 37.6 Å². The molecule has 0 aliphatic carbocycles. The normalized spacial score (nSPS) is 17.9. The van der Waals surface area contributed by atoms with Gasteiger partial charge < -0.3 is 24.2 Å². The third-order valence-corrected chi connectivity index (χ3v) is 5.88. The predicted octanol–water partition coefficient (Wildman–Crippen LogP) is 2.78. The van der Waals surface area contributed by atoms with Crippen molar-refractivity contribution in [1.82, 2.24) is 9.80 Å². The quantitative estimate of drug-likeness (QED) is 0.645. The van der Waals surface area contributed by atoms with Crippen LogP contribution in [0.1, 0.15) is 23.7 Å². The second kappa shape index (κ2) is 10.1. The summed E-state index contributed by atoms with van der Waals surface area (Å²) in [5.41, 5.74) is 0.694. The van der Waals surface area contributed by atoms with E-state index in [1.165, 1.54) is 23.1 Å². The van der Waals surface area contributed by atoms with Crippen LogP contribution in [0, 0.1) is 0 Å². The molecule has 0 saturated carbocycles. The number of alkyl halides is 2. The lowest BCUT2D eigenvalue weighted by atomic mass is 10.1. The summed E-state index contributed by atoms with van der Waals surface area (Å²) in [6.07, 6.45) is -0.497. The van der Waals surface area contributed by atoms with Crippen molar-refractivity contribution in [2.24, 2.45) is 0 Å². The summed E-state index contributed by atoms with van der Waals surface area (Å²) >= 11 is 0. The molecule has 0 spiro atoms. The number of nitrogens with zero attached hydrogens (tertiary/aromatic N) is 3. The van der Waals surface area contributed by atoms with E-state index >= 15 is 0 Å². The molecule has 180 valence electrons. The van der Waals surface area contributed by atoms with Crippen LogP contribution in [0.4, 0.5) is 14.5 Å². The first kappa shape index (κ1) is 23.5. The number of carbonyl (C=O) groups is 3. The zero-order chi connectivity index (χ0) is 24.2. The Kier molecular flexibility index (Phi) is 6.95. The van der Waals surface area contributed by atoms with Crippen molar-refractivity contribution in [2.45, 2.75) is 26.1 Å². The Balaban J connectivity index is 1.33. The van der Waals surface area contributed by atoms with E-state index in [0.29, 0.717) is 24.5 Å². The summed E-state index contributed by atoms with van der Waals surface area (Å²) in [4.78, 5) is 43.0. The van der Waals surface area contributed by atoms with Crippen molar-refractivity contribution in [1.29, 1.82) is 0 Å². The van der Waals surface area contributed by atoms with Gasteiger partial charge in [-0.15, -0.1) is 0 Å². The monoisotopic (exact) mass is 473 g/mol. The van der Waals surface area contributed by atoms with E-state index < -0.39 is 18.6 Å². The number of piperazine rings is 1. The van der Waals surface area contributed by atoms with E-state index in [-0.39, 0.29) is 49.2 Å². The van der Waals surface area contributed by atoms with Gasteiger partial charge >= 0.3 is 6.61 Å². The van der Waals surface area contributed by atoms with E-state index in [9.17, 15) is 23.2 Å². The lowest BCUT2D eigenvalue weighted by molar-refractivity contribution is -0.132. The number of benzene rings is 2. The zero-order valence-corrected chi connectivity index (χ0v) is 18.7. The molecular weight excluding hydrogens is 448 g/mol. The number of rotatable bonds is 6. The van der Waals surface area contributed by atoms with Crippen molar-refractivity contribution in [3.8, 4) is 11.5 Å².